The maximum atomic E-state index is 8.34. The van der Waals surface area contributed by atoms with Gasteiger partial charge in [-0.05, 0) is 12.1 Å². The molecule has 4 heteroatoms. The molecule has 0 aliphatic heterocycles. The van der Waals surface area contributed by atoms with Crippen molar-refractivity contribution in [1.29, 1.82) is 5.26 Å². The Balaban J connectivity index is 3.20. The van der Waals surface area contributed by atoms with Gasteiger partial charge in [-0.25, -0.2) is 4.98 Å². The van der Waals surface area contributed by atoms with E-state index < -0.39 is 0 Å². The van der Waals surface area contributed by atoms with Gasteiger partial charge in [-0.15, -0.1) is 0 Å². The lowest BCUT2D eigenvalue weighted by molar-refractivity contribution is 1.26. The summed E-state index contributed by atoms with van der Waals surface area (Å²) >= 11 is 11.0. The van der Waals surface area contributed by atoms with Crippen molar-refractivity contribution < 1.29 is 0 Å². The van der Waals surface area contributed by atoms with E-state index in [0.717, 1.165) is 0 Å². The van der Waals surface area contributed by atoms with Crippen molar-refractivity contribution in [2.75, 3.05) is 0 Å². The maximum Gasteiger partial charge on any atom is 0.149 e. The van der Waals surface area contributed by atoms with Gasteiger partial charge in [-0.1, -0.05) is 23.2 Å². The highest BCUT2D eigenvalue weighted by Crippen LogP contribution is 2.18. The Morgan fingerprint density at radius 1 is 1.40 bits per heavy atom. The average Bonchev–Trinajstić information content (AvgIpc) is 1.95. The van der Waals surface area contributed by atoms with Gasteiger partial charge in [-0.3, -0.25) is 0 Å². The molecule has 0 radical (unpaired) electrons. The first kappa shape index (κ1) is 7.33. The van der Waals surface area contributed by atoms with Gasteiger partial charge in [0, 0.05) is 0 Å². The molecule has 0 atom stereocenters. The molecule has 0 unspecified atom stereocenters. The van der Waals surface area contributed by atoms with E-state index in [1.165, 1.54) is 12.1 Å². The highest BCUT2D eigenvalue weighted by Gasteiger charge is 1.98. The van der Waals surface area contributed by atoms with E-state index in [1.807, 2.05) is 6.07 Å². The smallest absolute Gasteiger partial charge is 0.149 e. The second kappa shape index (κ2) is 2.87. The highest BCUT2D eigenvalue weighted by molar-refractivity contribution is 6.41. The molecule has 0 bridgehead atoms. The standard InChI is InChI=1S/C6H2Cl2N2/c7-5-2-1-4(3-9)10-6(5)8/h1-2H. The van der Waals surface area contributed by atoms with Crippen molar-refractivity contribution >= 4 is 23.2 Å². The summed E-state index contributed by atoms with van der Waals surface area (Å²) in [6.45, 7) is 0. The Morgan fingerprint density at radius 3 is 2.60 bits per heavy atom. The number of nitrogens with zero attached hydrogens (tertiary/aromatic N) is 2. The van der Waals surface area contributed by atoms with Crippen LogP contribution in [0.3, 0.4) is 0 Å². The van der Waals surface area contributed by atoms with Gasteiger partial charge in [0.15, 0.2) is 0 Å². The third-order valence-corrected chi connectivity index (χ3v) is 1.61. The summed E-state index contributed by atoms with van der Waals surface area (Å²) in [6.07, 6.45) is 0. The van der Waals surface area contributed by atoms with E-state index in [4.69, 9.17) is 28.5 Å². The number of hydrogen-bond donors (Lipinski definition) is 0. The van der Waals surface area contributed by atoms with Gasteiger partial charge in [0.25, 0.3) is 0 Å². The molecule has 0 N–H and O–H groups in total. The monoisotopic (exact) mass is 172 g/mol. The lowest BCUT2D eigenvalue weighted by atomic mass is 10.4. The molecule has 1 aromatic heterocycles. The number of pyridine rings is 1. The van der Waals surface area contributed by atoms with E-state index in [9.17, 15) is 0 Å². The Hall–Kier alpha value is -0.780. The topological polar surface area (TPSA) is 36.7 Å². The predicted molar refractivity (Wildman–Crippen MR) is 39.0 cm³/mol. The summed E-state index contributed by atoms with van der Waals surface area (Å²) in [5.74, 6) is 0. The normalized spacial score (nSPS) is 8.90. The molecule has 0 aromatic carbocycles. The quantitative estimate of drug-likeness (QED) is 0.564. The molecule has 0 saturated heterocycles. The van der Waals surface area contributed by atoms with Crippen LogP contribution in [0.5, 0.6) is 0 Å². The fourth-order valence-corrected chi connectivity index (χ4v) is 0.739. The lowest BCUT2D eigenvalue weighted by Gasteiger charge is -1.91. The summed E-state index contributed by atoms with van der Waals surface area (Å²) in [5.41, 5.74) is 0.273. The van der Waals surface area contributed by atoms with E-state index in [1.54, 1.807) is 0 Å². The van der Waals surface area contributed by atoms with Crippen molar-refractivity contribution in [3.05, 3.63) is 28.0 Å². The summed E-state index contributed by atoms with van der Waals surface area (Å²) in [5, 5.41) is 8.87. The molecule has 0 amide bonds. The molecule has 50 valence electrons. The molecule has 2 nitrogen and oxygen atoms in total. The molecule has 1 rings (SSSR count). The third-order valence-electron chi connectivity index (χ3n) is 0.918. The fraction of sp³-hybridized carbons (Fsp3) is 0. The summed E-state index contributed by atoms with van der Waals surface area (Å²) in [7, 11) is 0. The SMILES string of the molecule is N#Cc1ccc(Cl)c(Cl)n1. The number of nitriles is 1. The molecular formula is C6H2Cl2N2. The Kier molecular flexibility index (Phi) is 2.10. The lowest BCUT2D eigenvalue weighted by Crippen LogP contribution is -1.81. The zero-order valence-corrected chi connectivity index (χ0v) is 6.32. The zero-order valence-electron chi connectivity index (χ0n) is 4.81. The Labute approximate surface area is 68.0 Å². The Bertz CT molecular complexity index is 290. The second-order valence-corrected chi connectivity index (χ2v) is 2.35. The minimum absolute atomic E-state index is 0.167. The molecule has 1 heterocycles. The van der Waals surface area contributed by atoms with Crippen molar-refractivity contribution in [2.45, 2.75) is 0 Å². The summed E-state index contributed by atoms with van der Waals surface area (Å²) in [6, 6.07) is 4.89. The number of hydrogen-bond acceptors (Lipinski definition) is 2. The molecule has 0 fully saturated rings. The second-order valence-electron chi connectivity index (χ2n) is 1.58. The van der Waals surface area contributed by atoms with E-state index in [0.29, 0.717) is 5.02 Å². The summed E-state index contributed by atoms with van der Waals surface area (Å²) in [4.78, 5) is 3.66. The number of halogens is 2. The highest BCUT2D eigenvalue weighted by atomic mass is 35.5. The van der Waals surface area contributed by atoms with Crippen LogP contribution < -0.4 is 0 Å². The van der Waals surface area contributed by atoms with Crippen molar-refractivity contribution in [3.63, 3.8) is 0 Å². The van der Waals surface area contributed by atoms with Gasteiger partial charge < -0.3 is 0 Å². The Morgan fingerprint density at radius 2 is 2.10 bits per heavy atom. The van der Waals surface area contributed by atoms with Gasteiger partial charge in [0.05, 0.1) is 5.02 Å². The maximum absolute atomic E-state index is 8.34. The molecule has 0 aliphatic carbocycles. The van der Waals surface area contributed by atoms with Crippen LogP contribution in [0.25, 0.3) is 0 Å². The first-order chi connectivity index (χ1) is 4.74. The van der Waals surface area contributed by atoms with Gasteiger partial charge in [0.1, 0.15) is 16.9 Å². The average molecular weight is 173 g/mol. The van der Waals surface area contributed by atoms with E-state index >= 15 is 0 Å². The number of aromatic nitrogens is 1. The van der Waals surface area contributed by atoms with Crippen LogP contribution in [-0.2, 0) is 0 Å². The van der Waals surface area contributed by atoms with E-state index in [-0.39, 0.29) is 10.8 Å². The van der Waals surface area contributed by atoms with Gasteiger partial charge in [-0.2, -0.15) is 5.26 Å². The van der Waals surface area contributed by atoms with Crippen molar-refractivity contribution in [1.82, 2.24) is 4.98 Å². The molecule has 0 spiro atoms. The van der Waals surface area contributed by atoms with E-state index in [2.05, 4.69) is 4.98 Å². The van der Waals surface area contributed by atoms with Crippen LogP contribution in [0.4, 0.5) is 0 Å². The van der Waals surface area contributed by atoms with Crippen LogP contribution in [0.2, 0.25) is 10.2 Å². The zero-order chi connectivity index (χ0) is 7.56. The first-order valence-corrected chi connectivity index (χ1v) is 3.22. The van der Waals surface area contributed by atoms with Crippen LogP contribution >= 0.6 is 23.2 Å². The largest absolute Gasteiger partial charge is 0.224 e. The molecule has 10 heavy (non-hydrogen) atoms. The van der Waals surface area contributed by atoms with Crippen LogP contribution in [-0.4, -0.2) is 4.98 Å². The summed E-state index contributed by atoms with van der Waals surface area (Å²) < 4.78 is 0. The molecule has 0 saturated carbocycles. The van der Waals surface area contributed by atoms with Crippen LogP contribution in [0.1, 0.15) is 5.69 Å². The molecule has 1 aromatic rings. The van der Waals surface area contributed by atoms with Crippen LogP contribution in [0.15, 0.2) is 12.1 Å². The fourth-order valence-electron chi connectivity index (χ4n) is 0.480. The van der Waals surface area contributed by atoms with Gasteiger partial charge in [0.2, 0.25) is 0 Å². The van der Waals surface area contributed by atoms with Crippen molar-refractivity contribution in [2.24, 2.45) is 0 Å². The minimum Gasteiger partial charge on any atom is -0.224 e. The molecular weight excluding hydrogens is 171 g/mol. The van der Waals surface area contributed by atoms with Crippen molar-refractivity contribution in [3.8, 4) is 6.07 Å². The first-order valence-electron chi connectivity index (χ1n) is 2.46. The van der Waals surface area contributed by atoms with Gasteiger partial charge >= 0.3 is 0 Å². The third kappa shape index (κ3) is 1.38. The minimum atomic E-state index is 0.167. The van der Waals surface area contributed by atoms with Crippen LogP contribution in [0, 0.1) is 11.3 Å². The number of rotatable bonds is 0. The predicted octanol–water partition coefficient (Wildman–Crippen LogP) is 2.26. The molecule has 0 aliphatic rings.